The average Bonchev–Trinajstić information content (AvgIpc) is 2.37. The SMILES string of the molecule is C[C@]1(CO)C[C@H]2[C@H]1CC/C(CO)=C/CC[C@@]2(C)O. The molecule has 0 saturated heterocycles. The third kappa shape index (κ3) is 2.36. The molecule has 0 aliphatic heterocycles. The molecule has 3 N–H and O–H groups in total. The summed E-state index contributed by atoms with van der Waals surface area (Å²) in [5.41, 5.74) is 0.402. The summed E-state index contributed by atoms with van der Waals surface area (Å²) in [6.07, 6.45) is 6.43. The number of hydrogen-bond acceptors (Lipinski definition) is 3. The van der Waals surface area contributed by atoms with Gasteiger partial charge in [-0.25, -0.2) is 0 Å². The van der Waals surface area contributed by atoms with E-state index in [1.54, 1.807) is 0 Å². The van der Waals surface area contributed by atoms with Crippen LogP contribution in [0.2, 0.25) is 0 Å². The Morgan fingerprint density at radius 2 is 2.00 bits per heavy atom. The van der Waals surface area contributed by atoms with Crippen molar-refractivity contribution in [2.75, 3.05) is 13.2 Å². The summed E-state index contributed by atoms with van der Waals surface area (Å²) in [7, 11) is 0. The zero-order valence-electron chi connectivity index (χ0n) is 11.5. The first-order valence-electron chi connectivity index (χ1n) is 7.05. The molecule has 1 saturated carbocycles. The molecule has 18 heavy (non-hydrogen) atoms. The fraction of sp³-hybridized carbons (Fsp3) is 0.867. The van der Waals surface area contributed by atoms with Crippen LogP contribution >= 0.6 is 0 Å². The molecule has 0 unspecified atom stereocenters. The van der Waals surface area contributed by atoms with Crippen LogP contribution in [0.25, 0.3) is 0 Å². The Morgan fingerprint density at radius 1 is 1.28 bits per heavy atom. The number of aliphatic hydroxyl groups is 3. The van der Waals surface area contributed by atoms with Crippen LogP contribution in [0.1, 0.15) is 46.0 Å². The highest BCUT2D eigenvalue weighted by Gasteiger charge is 2.55. The molecule has 1 fully saturated rings. The topological polar surface area (TPSA) is 60.7 Å². The van der Waals surface area contributed by atoms with E-state index in [9.17, 15) is 15.3 Å². The molecule has 0 aromatic carbocycles. The normalized spacial score (nSPS) is 47.9. The quantitative estimate of drug-likeness (QED) is 0.659. The van der Waals surface area contributed by atoms with Crippen LogP contribution in [0.5, 0.6) is 0 Å². The van der Waals surface area contributed by atoms with Crippen LogP contribution in [0.4, 0.5) is 0 Å². The van der Waals surface area contributed by atoms with Crippen LogP contribution in [0.15, 0.2) is 11.6 Å². The van der Waals surface area contributed by atoms with Gasteiger partial charge in [0.05, 0.1) is 12.2 Å². The van der Waals surface area contributed by atoms with Gasteiger partial charge in [-0.1, -0.05) is 13.0 Å². The molecule has 3 nitrogen and oxygen atoms in total. The van der Waals surface area contributed by atoms with Gasteiger partial charge in [-0.3, -0.25) is 0 Å². The monoisotopic (exact) mass is 254 g/mol. The van der Waals surface area contributed by atoms with Crippen molar-refractivity contribution in [3.8, 4) is 0 Å². The molecule has 0 bridgehead atoms. The number of fused-ring (bicyclic) bond motifs is 1. The van der Waals surface area contributed by atoms with Crippen LogP contribution in [0, 0.1) is 17.3 Å². The van der Waals surface area contributed by atoms with E-state index in [-0.39, 0.29) is 18.6 Å². The van der Waals surface area contributed by atoms with E-state index in [1.807, 2.05) is 6.92 Å². The van der Waals surface area contributed by atoms with Crippen LogP contribution in [0.3, 0.4) is 0 Å². The predicted octanol–water partition coefficient (Wildman–Crippen LogP) is 1.86. The molecule has 0 radical (unpaired) electrons. The molecule has 0 spiro atoms. The average molecular weight is 254 g/mol. The number of hydrogen-bond donors (Lipinski definition) is 3. The van der Waals surface area contributed by atoms with E-state index < -0.39 is 5.60 Å². The van der Waals surface area contributed by atoms with Crippen molar-refractivity contribution in [1.82, 2.24) is 0 Å². The molecular weight excluding hydrogens is 228 g/mol. The van der Waals surface area contributed by atoms with Crippen LogP contribution < -0.4 is 0 Å². The Labute approximate surface area is 110 Å². The summed E-state index contributed by atoms with van der Waals surface area (Å²) in [6.45, 7) is 4.36. The minimum absolute atomic E-state index is 0.0421. The third-order valence-electron chi connectivity index (χ3n) is 5.29. The van der Waals surface area contributed by atoms with E-state index >= 15 is 0 Å². The number of rotatable bonds is 2. The van der Waals surface area contributed by atoms with Crippen molar-refractivity contribution in [3.63, 3.8) is 0 Å². The zero-order chi connectivity index (χ0) is 13.4. The van der Waals surface area contributed by atoms with Gasteiger partial charge >= 0.3 is 0 Å². The van der Waals surface area contributed by atoms with Crippen molar-refractivity contribution in [2.45, 2.75) is 51.6 Å². The Bertz CT molecular complexity index is 335. The van der Waals surface area contributed by atoms with Crippen molar-refractivity contribution < 1.29 is 15.3 Å². The van der Waals surface area contributed by atoms with Gasteiger partial charge in [0.2, 0.25) is 0 Å². The fourth-order valence-electron chi connectivity index (χ4n) is 3.85. The second kappa shape index (κ2) is 4.95. The van der Waals surface area contributed by atoms with Gasteiger partial charge in [-0.05, 0) is 61.9 Å². The molecule has 2 aliphatic carbocycles. The highest BCUT2D eigenvalue weighted by Crippen LogP contribution is 2.58. The second-order valence-electron chi connectivity index (χ2n) is 6.68. The van der Waals surface area contributed by atoms with Gasteiger partial charge in [0.25, 0.3) is 0 Å². The van der Waals surface area contributed by atoms with Crippen LogP contribution in [-0.2, 0) is 0 Å². The predicted molar refractivity (Wildman–Crippen MR) is 71.1 cm³/mol. The molecule has 0 heterocycles. The summed E-state index contributed by atoms with van der Waals surface area (Å²) in [4.78, 5) is 0. The summed E-state index contributed by atoms with van der Waals surface area (Å²) in [5.74, 6) is 0.659. The van der Waals surface area contributed by atoms with E-state index in [4.69, 9.17) is 0 Å². The molecule has 0 amide bonds. The smallest absolute Gasteiger partial charge is 0.0653 e. The first-order valence-corrected chi connectivity index (χ1v) is 7.05. The van der Waals surface area contributed by atoms with E-state index in [1.165, 1.54) is 0 Å². The maximum Gasteiger partial charge on any atom is 0.0653 e. The lowest BCUT2D eigenvalue weighted by Gasteiger charge is -2.57. The molecule has 0 aromatic heterocycles. The van der Waals surface area contributed by atoms with Gasteiger partial charge in [-0.2, -0.15) is 0 Å². The summed E-state index contributed by atoms with van der Waals surface area (Å²) in [6, 6.07) is 0. The maximum absolute atomic E-state index is 10.6. The molecule has 2 rings (SSSR count). The lowest BCUT2D eigenvalue weighted by molar-refractivity contribution is -0.163. The molecule has 2 aliphatic rings. The Hall–Kier alpha value is -0.380. The van der Waals surface area contributed by atoms with E-state index in [0.29, 0.717) is 11.8 Å². The Balaban J connectivity index is 2.18. The van der Waals surface area contributed by atoms with Crippen molar-refractivity contribution in [3.05, 3.63) is 11.6 Å². The summed E-state index contributed by atoms with van der Waals surface area (Å²) < 4.78 is 0. The minimum Gasteiger partial charge on any atom is -0.396 e. The van der Waals surface area contributed by atoms with E-state index in [2.05, 4.69) is 13.0 Å². The van der Waals surface area contributed by atoms with Gasteiger partial charge in [0.1, 0.15) is 0 Å². The zero-order valence-corrected chi connectivity index (χ0v) is 11.5. The van der Waals surface area contributed by atoms with Gasteiger partial charge in [0.15, 0.2) is 0 Å². The van der Waals surface area contributed by atoms with Crippen molar-refractivity contribution in [2.24, 2.45) is 17.3 Å². The highest BCUT2D eigenvalue weighted by molar-refractivity contribution is 5.11. The highest BCUT2D eigenvalue weighted by atomic mass is 16.3. The first kappa shape index (κ1) is 14.0. The number of aliphatic hydroxyl groups excluding tert-OH is 2. The van der Waals surface area contributed by atoms with Gasteiger partial charge in [-0.15, -0.1) is 0 Å². The molecule has 3 heteroatoms. The van der Waals surface area contributed by atoms with Crippen LogP contribution in [-0.4, -0.2) is 34.1 Å². The fourth-order valence-corrected chi connectivity index (χ4v) is 3.85. The lowest BCUT2D eigenvalue weighted by Crippen LogP contribution is -2.57. The maximum atomic E-state index is 10.6. The lowest BCUT2D eigenvalue weighted by atomic mass is 9.49. The largest absolute Gasteiger partial charge is 0.396 e. The molecular formula is C15H26O3. The molecule has 4 atom stereocenters. The molecule has 104 valence electrons. The summed E-state index contributed by atoms with van der Waals surface area (Å²) in [5, 5.41) is 29.5. The standard InChI is InChI=1S/C15H26O3/c1-14(10-17)8-13-12(14)6-5-11(9-16)4-3-7-15(13,2)18/h4,12-13,16-18H,3,5-10H2,1-2H3/b11-4-/t12-,13+,14-,15-/m1/s1. The van der Waals surface area contributed by atoms with Crippen molar-refractivity contribution in [1.29, 1.82) is 0 Å². The molecule has 0 aromatic rings. The van der Waals surface area contributed by atoms with Crippen molar-refractivity contribution >= 4 is 0 Å². The third-order valence-corrected chi connectivity index (χ3v) is 5.29. The Kier molecular flexibility index (Phi) is 3.86. The van der Waals surface area contributed by atoms with Gasteiger partial charge < -0.3 is 15.3 Å². The Morgan fingerprint density at radius 3 is 2.61 bits per heavy atom. The summed E-state index contributed by atoms with van der Waals surface area (Å²) >= 11 is 0. The minimum atomic E-state index is -0.638. The van der Waals surface area contributed by atoms with Gasteiger partial charge in [0, 0.05) is 6.61 Å². The van der Waals surface area contributed by atoms with E-state index in [0.717, 1.165) is 37.7 Å². The first-order chi connectivity index (χ1) is 8.43. The number of allylic oxidation sites excluding steroid dienone is 1. The second-order valence-corrected chi connectivity index (χ2v) is 6.68.